The summed E-state index contributed by atoms with van der Waals surface area (Å²) < 4.78 is 50.2. The van der Waals surface area contributed by atoms with Gasteiger partial charge in [0.25, 0.3) is 0 Å². The molecule has 0 aromatic heterocycles. The molecule has 0 aromatic rings. The van der Waals surface area contributed by atoms with Gasteiger partial charge in [-0.1, -0.05) is 6.58 Å². The van der Waals surface area contributed by atoms with Crippen molar-refractivity contribution < 1.29 is 32.2 Å². The molecule has 0 spiro atoms. The second kappa shape index (κ2) is 8.10. The number of ether oxygens (including phenoxy) is 3. The first kappa shape index (κ1) is 16.9. The first-order valence-corrected chi connectivity index (χ1v) is 5.34. The number of carbonyl (C=O) groups excluding carboxylic acids is 1. The van der Waals surface area contributed by atoms with E-state index in [2.05, 4.69) is 11.3 Å². The van der Waals surface area contributed by atoms with Crippen LogP contribution in [0.1, 0.15) is 13.8 Å². The zero-order chi connectivity index (χ0) is 14.2. The van der Waals surface area contributed by atoms with Crippen molar-refractivity contribution in [2.75, 3.05) is 26.4 Å². The summed E-state index contributed by atoms with van der Waals surface area (Å²) in [5, 5.41) is 0. The van der Waals surface area contributed by atoms with Crippen LogP contribution < -0.4 is 0 Å². The Hall–Kier alpha value is -1.08. The maximum absolute atomic E-state index is 12.0. The molecule has 0 bridgehead atoms. The fourth-order valence-corrected chi connectivity index (χ4v) is 0.797. The Balaban J connectivity index is 3.42. The minimum absolute atomic E-state index is 0.00500. The molecule has 0 radical (unpaired) electrons. The predicted molar refractivity (Wildman–Crippen MR) is 58.1 cm³/mol. The molecule has 0 amide bonds. The van der Waals surface area contributed by atoms with Gasteiger partial charge in [-0.25, -0.2) is 4.79 Å². The van der Waals surface area contributed by atoms with E-state index >= 15 is 0 Å². The van der Waals surface area contributed by atoms with Crippen LogP contribution in [0.25, 0.3) is 0 Å². The zero-order valence-electron chi connectivity index (χ0n) is 10.4. The van der Waals surface area contributed by atoms with Crippen LogP contribution in [-0.2, 0) is 19.0 Å². The van der Waals surface area contributed by atoms with Crippen LogP contribution in [0.5, 0.6) is 0 Å². The number of carbonyl (C=O) groups is 1. The summed E-state index contributed by atoms with van der Waals surface area (Å²) in [5.41, 5.74) is 0.275. The smallest absolute Gasteiger partial charge is 0.414 e. The lowest BCUT2D eigenvalue weighted by Gasteiger charge is -2.16. The third kappa shape index (κ3) is 8.08. The number of alkyl halides is 3. The molecular formula is C11H17F3O4. The number of halogens is 3. The number of esters is 1. The molecule has 0 saturated carbocycles. The van der Waals surface area contributed by atoms with Crippen molar-refractivity contribution in [3.8, 4) is 0 Å². The third-order valence-electron chi connectivity index (χ3n) is 1.87. The van der Waals surface area contributed by atoms with E-state index in [-0.39, 0.29) is 32.0 Å². The van der Waals surface area contributed by atoms with Crippen LogP contribution >= 0.6 is 0 Å². The van der Waals surface area contributed by atoms with Crippen molar-refractivity contribution >= 4 is 5.97 Å². The van der Waals surface area contributed by atoms with Crippen molar-refractivity contribution in [2.45, 2.75) is 26.1 Å². The zero-order valence-corrected chi connectivity index (χ0v) is 10.4. The molecule has 0 heterocycles. The molecule has 0 rings (SSSR count). The van der Waals surface area contributed by atoms with E-state index in [1.54, 1.807) is 0 Å². The minimum atomic E-state index is -4.36. The summed E-state index contributed by atoms with van der Waals surface area (Å²) in [6.45, 7) is 5.78. The summed E-state index contributed by atoms with van der Waals surface area (Å²) in [6.07, 6.45) is -6.18. The van der Waals surface area contributed by atoms with Crippen LogP contribution in [0.2, 0.25) is 0 Å². The van der Waals surface area contributed by atoms with Crippen molar-refractivity contribution in [3.63, 3.8) is 0 Å². The highest BCUT2D eigenvalue weighted by atomic mass is 19.4. The summed E-state index contributed by atoms with van der Waals surface area (Å²) >= 11 is 0. The normalized spacial score (nSPS) is 13.2. The summed E-state index contributed by atoms with van der Waals surface area (Å²) in [7, 11) is 0. The fourth-order valence-electron chi connectivity index (χ4n) is 0.797. The average Bonchev–Trinajstić information content (AvgIpc) is 2.25. The van der Waals surface area contributed by atoms with Gasteiger partial charge in [0.15, 0.2) is 6.10 Å². The van der Waals surface area contributed by atoms with Gasteiger partial charge in [-0.15, -0.1) is 0 Å². The lowest BCUT2D eigenvalue weighted by atomic mass is 10.4. The third-order valence-corrected chi connectivity index (χ3v) is 1.87. The molecule has 7 heteroatoms. The van der Waals surface area contributed by atoms with Crippen LogP contribution in [0.3, 0.4) is 0 Å². The number of hydrogen-bond acceptors (Lipinski definition) is 4. The summed E-state index contributed by atoms with van der Waals surface area (Å²) in [4.78, 5) is 10.9. The average molecular weight is 270 g/mol. The molecule has 0 saturated heterocycles. The molecule has 0 aliphatic carbocycles. The summed E-state index contributed by atoms with van der Waals surface area (Å²) in [5.74, 6) is -0.527. The second-order valence-corrected chi connectivity index (χ2v) is 3.58. The van der Waals surface area contributed by atoms with Gasteiger partial charge < -0.3 is 14.2 Å². The van der Waals surface area contributed by atoms with Crippen molar-refractivity contribution in [2.24, 2.45) is 0 Å². The van der Waals surface area contributed by atoms with Gasteiger partial charge in [-0.05, 0) is 13.8 Å². The van der Waals surface area contributed by atoms with Crippen LogP contribution in [0.15, 0.2) is 12.2 Å². The highest BCUT2D eigenvalue weighted by Crippen LogP contribution is 2.21. The maximum Gasteiger partial charge on any atom is 0.414 e. The van der Waals surface area contributed by atoms with Gasteiger partial charge in [0.05, 0.1) is 19.8 Å². The lowest BCUT2D eigenvalue weighted by Crippen LogP contribution is -2.29. The van der Waals surface area contributed by atoms with Gasteiger partial charge >= 0.3 is 12.1 Å². The molecule has 4 nitrogen and oxygen atoms in total. The van der Waals surface area contributed by atoms with E-state index in [0.717, 1.165) is 6.92 Å². The molecule has 0 N–H and O–H groups in total. The molecule has 1 atom stereocenters. The lowest BCUT2D eigenvalue weighted by molar-refractivity contribution is -0.216. The highest BCUT2D eigenvalue weighted by molar-refractivity contribution is 5.86. The maximum atomic E-state index is 12.0. The minimum Gasteiger partial charge on any atom is -0.460 e. The van der Waals surface area contributed by atoms with Crippen LogP contribution in [-0.4, -0.2) is 44.7 Å². The van der Waals surface area contributed by atoms with E-state index < -0.39 is 18.2 Å². The molecule has 0 aromatic carbocycles. The van der Waals surface area contributed by atoms with Crippen LogP contribution in [0.4, 0.5) is 13.2 Å². The van der Waals surface area contributed by atoms with Gasteiger partial charge in [0, 0.05) is 5.57 Å². The first-order chi connectivity index (χ1) is 8.25. The van der Waals surface area contributed by atoms with Crippen LogP contribution in [0, 0.1) is 0 Å². The monoisotopic (exact) mass is 270 g/mol. The molecule has 1 unspecified atom stereocenters. The van der Waals surface area contributed by atoms with E-state index in [9.17, 15) is 18.0 Å². The standard InChI is InChI=1S/C11H17F3O4/c1-8(2)10(15)18-7-5-16-4-6-17-9(3)11(12,13)14/h9H,1,4-7H2,2-3H3. The molecular weight excluding hydrogens is 253 g/mol. The Morgan fingerprint density at radius 3 is 2.28 bits per heavy atom. The first-order valence-electron chi connectivity index (χ1n) is 5.34. The van der Waals surface area contributed by atoms with Crippen molar-refractivity contribution in [1.82, 2.24) is 0 Å². The number of rotatable bonds is 8. The Morgan fingerprint density at radius 1 is 1.22 bits per heavy atom. The Kier molecular flexibility index (Phi) is 7.61. The highest BCUT2D eigenvalue weighted by Gasteiger charge is 2.36. The summed E-state index contributed by atoms with van der Waals surface area (Å²) in [6, 6.07) is 0. The van der Waals surface area contributed by atoms with E-state index in [1.165, 1.54) is 6.92 Å². The SMILES string of the molecule is C=C(C)C(=O)OCCOCCOC(C)C(F)(F)F. The number of hydrogen-bond donors (Lipinski definition) is 0. The van der Waals surface area contributed by atoms with E-state index in [1.807, 2.05) is 0 Å². The molecule has 0 aliphatic rings. The topological polar surface area (TPSA) is 44.8 Å². The Bertz CT molecular complexity index is 276. The van der Waals surface area contributed by atoms with Crippen molar-refractivity contribution in [3.05, 3.63) is 12.2 Å². The van der Waals surface area contributed by atoms with E-state index in [4.69, 9.17) is 9.47 Å². The van der Waals surface area contributed by atoms with E-state index in [0.29, 0.717) is 0 Å². The van der Waals surface area contributed by atoms with Gasteiger partial charge in [0.1, 0.15) is 6.61 Å². The second-order valence-electron chi connectivity index (χ2n) is 3.58. The fraction of sp³-hybridized carbons (Fsp3) is 0.727. The predicted octanol–water partition coefficient (Wildman–Crippen LogP) is 2.09. The Morgan fingerprint density at radius 2 is 1.78 bits per heavy atom. The van der Waals surface area contributed by atoms with Gasteiger partial charge in [-0.3, -0.25) is 0 Å². The Labute approximate surface area is 104 Å². The quantitative estimate of drug-likeness (QED) is 0.385. The molecule has 0 fully saturated rings. The molecule has 106 valence electrons. The van der Waals surface area contributed by atoms with Crippen molar-refractivity contribution in [1.29, 1.82) is 0 Å². The largest absolute Gasteiger partial charge is 0.460 e. The van der Waals surface area contributed by atoms with Gasteiger partial charge in [0.2, 0.25) is 0 Å². The molecule has 0 aliphatic heterocycles. The molecule has 18 heavy (non-hydrogen) atoms. The van der Waals surface area contributed by atoms with Gasteiger partial charge in [-0.2, -0.15) is 13.2 Å².